The molecule has 0 heterocycles. The molecule has 0 bridgehead atoms. The largest absolute Gasteiger partial charge is 0.595 e. The first kappa shape index (κ1) is 22.0. The second kappa shape index (κ2) is 9.96. The number of nitrogens with one attached hydrogen (secondary N) is 1. The van der Waals surface area contributed by atoms with Gasteiger partial charge in [-0.25, -0.2) is 4.79 Å². The van der Waals surface area contributed by atoms with E-state index < -0.39 is 32.1 Å². The molecule has 0 saturated carbocycles. The standard InChI is InChI=1S/C15H29N2O5P/c1-10(2)8-21-13(18)11(3)16-23(20)17-12(4)14(19)22-9-15(5,6)7/h10-12H,8-9H2,1-7H3,(H,16,17). The van der Waals surface area contributed by atoms with Gasteiger partial charge in [0.25, 0.3) is 8.09 Å². The van der Waals surface area contributed by atoms with Crippen LogP contribution in [0, 0.1) is 11.3 Å². The van der Waals surface area contributed by atoms with E-state index in [9.17, 15) is 14.5 Å². The molecule has 23 heavy (non-hydrogen) atoms. The first-order chi connectivity index (χ1) is 10.4. The molecule has 0 aromatic heterocycles. The van der Waals surface area contributed by atoms with Gasteiger partial charge in [-0.2, -0.15) is 0 Å². The van der Waals surface area contributed by atoms with Crippen molar-refractivity contribution in [1.29, 1.82) is 0 Å². The van der Waals surface area contributed by atoms with Crippen molar-refractivity contribution < 1.29 is 24.0 Å². The van der Waals surface area contributed by atoms with Crippen molar-refractivity contribution in [3.8, 4) is 0 Å². The van der Waals surface area contributed by atoms with Gasteiger partial charge in [-0.1, -0.05) is 39.4 Å². The second-order valence-electron chi connectivity index (χ2n) is 7.11. The van der Waals surface area contributed by atoms with E-state index in [1.165, 1.54) is 13.8 Å². The molecule has 0 saturated heterocycles. The van der Waals surface area contributed by atoms with Crippen molar-refractivity contribution >= 4 is 20.0 Å². The number of carbonyl (C=O) groups excluding carboxylic acids is 2. The highest BCUT2D eigenvalue weighted by molar-refractivity contribution is 7.37. The Morgan fingerprint density at radius 2 is 1.70 bits per heavy atom. The number of hydrogen-bond acceptors (Lipinski definition) is 6. The Morgan fingerprint density at radius 3 is 2.17 bits per heavy atom. The van der Waals surface area contributed by atoms with Crippen LogP contribution in [0.25, 0.3) is 0 Å². The summed E-state index contributed by atoms with van der Waals surface area (Å²) in [6, 6.07) is -1.63. The number of ether oxygens (including phenoxy) is 2. The fraction of sp³-hybridized carbons (Fsp3) is 0.867. The predicted molar refractivity (Wildman–Crippen MR) is 87.6 cm³/mol. The van der Waals surface area contributed by atoms with Crippen molar-refractivity contribution in [2.75, 3.05) is 13.2 Å². The van der Waals surface area contributed by atoms with Gasteiger partial charge in [-0.3, -0.25) is 4.79 Å². The molecule has 7 nitrogen and oxygen atoms in total. The average molecular weight is 348 g/mol. The van der Waals surface area contributed by atoms with Crippen LogP contribution in [0.5, 0.6) is 0 Å². The van der Waals surface area contributed by atoms with Gasteiger partial charge in [0.15, 0.2) is 6.04 Å². The molecule has 1 N–H and O–H groups in total. The summed E-state index contributed by atoms with van der Waals surface area (Å²) in [5, 5.41) is 2.53. The third-order valence-electron chi connectivity index (χ3n) is 2.48. The molecular formula is C15H29N2O5P. The Hall–Kier alpha value is -1.04. The van der Waals surface area contributed by atoms with Crippen LogP contribution in [-0.2, 0) is 19.1 Å². The minimum Gasteiger partial charge on any atom is -0.595 e. The lowest BCUT2D eigenvalue weighted by Gasteiger charge is -2.19. The van der Waals surface area contributed by atoms with Crippen LogP contribution in [0.3, 0.4) is 0 Å². The summed E-state index contributed by atoms with van der Waals surface area (Å²) >= 11 is 0. The lowest BCUT2D eigenvalue weighted by molar-refractivity contribution is -0.162. The number of carbonyl (C=O) groups is 2. The van der Waals surface area contributed by atoms with E-state index in [2.05, 4.69) is 9.83 Å². The molecule has 0 spiro atoms. The summed E-state index contributed by atoms with van der Waals surface area (Å²) in [6.07, 6.45) is 0. The highest BCUT2D eigenvalue weighted by atomic mass is 31.1. The summed E-state index contributed by atoms with van der Waals surface area (Å²) in [4.78, 5) is 35.3. The molecule has 0 aromatic rings. The summed E-state index contributed by atoms with van der Waals surface area (Å²) in [6.45, 7) is 13.3. The Labute approximate surface area is 139 Å². The zero-order valence-electron chi connectivity index (χ0n) is 15.1. The van der Waals surface area contributed by atoms with Crippen LogP contribution in [0.2, 0.25) is 0 Å². The van der Waals surface area contributed by atoms with Crippen LogP contribution in [0.1, 0.15) is 48.5 Å². The van der Waals surface area contributed by atoms with Crippen molar-refractivity contribution in [1.82, 2.24) is 5.09 Å². The van der Waals surface area contributed by atoms with E-state index in [0.29, 0.717) is 6.61 Å². The van der Waals surface area contributed by atoms with Gasteiger partial charge in [0.1, 0.15) is 6.04 Å². The molecule has 0 radical (unpaired) electrons. The van der Waals surface area contributed by atoms with Gasteiger partial charge in [0.05, 0.1) is 13.2 Å². The molecule has 0 rings (SSSR count). The molecule has 0 aliphatic carbocycles. The molecule has 8 heteroatoms. The second-order valence-corrected chi connectivity index (χ2v) is 8.14. The van der Waals surface area contributed by atoms with Crippen LogP contribution in [0.15, 0.2) is 4.74 Å². The van der Waals surface area contributed by atoms with E-state index in [1.54, 1.807) is 0 Å². The molecular weight excluding hydrogens is 319 g/mol. The Morgan fingerprint density at radius 1 is 1.13 bits per heavy atom. The number of hydrogen-bond donors (Lipinski definition) is 1. The average Bonchev–Trinajstić information content (AvgIpc) is 2.40. The zero-order chi connectivity index (χ0) is 18.2. The summed E-state index contributed by atoms with van der Waals surface area (Å²) in [7, 11) is -2.27. The zero-order valence-corrected chi connectivity index (χ0v) is 16.0. The topological polar surface area (TPSA) is 100 Å². The van der Waals surface area contributed by atoms with Crippen LogP contribution in [-0.4, -0.2) is 37.2 Å². The van der Waals surface area contributed by atoms with Gasteiger partial charge in [-0.05, 0) is 25.2 Å². The monoisotopic (exact) mass is 348 g/mol. The normalized spacial score (nSPS) is 15.3. The van der Waals surface area contributed by atoms with Crippen molar-refractivity contribution in [2.45, 2.75) is 60.5 Å². The maximum Gasteiger partial charge on any atom is 0.334 e. The molecule has 0 aromatic carbocycles. The Kier molecular flexibility index (Phi) is 9.51. The van der Waals surface area contributed by atoms with Crippen molar-refractivity contribution in [3.05, 3.63) is 0 Å². The molecule has 3 atom stereocenters. The van der Waals surface area contributed by atoms with E-state index in [0.717, 1.165) is 0 Å². The third-order valence-corrected chi connectivity index (χ3v) is 3.65. The predicted octanol–water partition coefficient (Wildman–Crippen LogP) is 2.00. The third kappa shape index (κ3) is 11.2. The summed E-state index contributed by atoms with van der Waals surface area (Å²) in [5.74, 6) is -0.823. The SMILES string of the molecule is CC(C)COC(=O)C(C)N=[P+]([O-])NC(C)C(=O)OCC(C)(C)C. The maximum absolute atomic E-state index is 11.9. The van der Waals surface area contributed by atoms with Crippen molar-refractivity contribution in [2.24, 2.45) is 16.1 Å². The van der Waals surface area contributed by atoms with Gasteiger partial charge < -0.3 is 14.4 Å². The molecule has 134 valence electrons. The maximum atomic E-state index is 11.9. The van der Waals surface area contributed by atoms with Crippen molar-refractivity contribution in [3.63, 3.8) is 0 Å². The molecule has 0 fully saturated rings. The number of esters is 2. The van der Waals surface area contributed by atoms with Gasteiger partial charge in [-0.15, -0.1) is 5.09 Å². The highest BCUT2D eigenvalue weighted by Crippen LogP contribution is 2.16. The minimum atomic E-state index is -2.27. The first-order valence-electron chi connectivity index (χ1n) is 7.70. The fourth-order valence-corrected chi connectivity index (χ4v) is 2.15. The molecule has 3 unspecified atom stereocenters. The quantitative estimate of drug-likeness (QED) is 0.532. The highest BCUT2D eigenvalue weighted by Gasteiger charge is 2.23. The molecule has 0 amide bonds. The van der Waals surface area contributed by atoms with Gasteiger partial charge in [0, 0.05) is 0 Å². The fourth-order valence-electron chi connectivity index (χ4n) is 1.24. The van der Waals surface area contributed by atoms with E-state index in [-0.39, 0.29) is 17.9 Å². The minimum absolute atomic E-state index is 0.142. The van der Waals surface area contributed by atoms with Gasteiger partial charge >= 0.3 is 11.9 Å². The van der Waals surface area contributed by atoms with Crippen LogP contribution < -0.4 is 9.98 Å². The molecule has 0 aliphatic heterocycles. The van der Waals surface area contributed by atoms with E-state index in [4.69, 9.17) is 9.47 Å². The Balaban J connectivity index is 4.41. The smallest absolute Gasteiger partial charge is 0.334 e. The van der Waals surface area contributed by atoms with Crippen LogP contribution in [0.4, 0.5) is 0 Å². The first-order valence-corrected chi connectivity index (χ1v) is 8.91. The summed E-state index contributed by atoms with van der Waals surface area (Å²) < 4.78 is 13.9. The summed E-state index contributed by atoms with van der Waals surface area (Å²) in [5.41, 5.74) is -0.142. The Bertz CT molecular complexity index is 432. The lowest BCUT2D eigenvalue weighted by atomic mass is 9.99. The van der Waals surface area contributed by atoms with Gasteiger partial charge in [0.2, 0.25) is 0 Å². The molecule has 0 aliphatic rings. The van der Waals surface area contributed by atoms with E-state index in [1.807, 2.05) is 34.6 Å². The lowest BCUT2D eigenvalue weighted by Crippen LogP contribution is -2.34. The number of nitrogens with zero attached hydrogens (tertiary/aromatic N) is 1. The van der Waals surface area contributed by atoms with Crippen LogP contribution >= 0.6 is 8.09 Å². The van der Waals surface area contributed by atoms with E-state index >= 15 is 0 Å². The number of rotatable bonds is 8.